The fourth-order valence-electron chi connectivity index (χ4n) is 1.60. The highest BCUT2D eigenvalue weighted by Gasteiger charge is 2.11. The van der Waals surface area contributed by atoms with Gasteiger partial charge in [-0.15, -0.1) is 0 Å². The van der Waals surface area contributed by atoms with Gasteiger partial charge in [0.25, 0.3) is 0 Å². The molecule has 0 aromatic heterocycles. The second kappa shape index (κ2) is 3.99. The van der Waals surface area contributed by atoms with Crippen molar-refractivity contribution in [2.24, 2.45) is 0 Å². The van der Waals surface area contributed by atoms with Crippen LogP contribution in [-0.4, -0.2) is 11.1 Å². The number of fused-ring (bicyclic) bond motifs is 1. The molecule has 16 heavy (non-hydrogen) atoms. The van der Waals surface area contributed by atoms with Gasteiger partial charge in [0.2, 0.25) is 0 Å². The summed E-state index contributed by atoms with van der Waals surface area (Å²) in [4.78, 5) is 10.9. The minimum absolute atomic E-state index is 0.125. The Morgan fingerprint density at radius 3 is 2.69 bits per heavy atom. The van der Waals surface area contributed by atoms with E-state index in [1.807, 2.05) is 12.1 Å². The molecular formula is C13H9ClO2. The molecule has 0 heterocycles. The molecule has 0 saturated carbocycles. The summed E-state index contributed by atoms with van der Waals surface area (Å²) >= 11 is 6.03. The van der Waals surface area contributed by atoms with Crippen LogP contribution in [0.15, 0.2) is 36.9 Å². The summed E-state index contributed by atoms with van der Waals surface area (Å²) in [7, 11) is 0. The Labute approximate surface area is 97.8 Å². The van der Waals surface area contributed by atoms with Crippen LogP contribution in [0.25, 0.3) is 16.8 Å². The molecule has 80 valence electrons. The average molecular weight is 233 g/mol. The third-order valence-electron chi connectivity index (χ3n) is 2.44. The third kappa shape index (κ3) is 1.68. The second-order valence-electron chi connectivity index (χ2n) is 3.42. The number of carboxylic acid groups (broad SMARTS) is 1. The van der Waals surface area contributed by atoms with Crippen molar-refractivity contribution in [3.63, 3.8) is 0 Å². The van der Waals surface area contributed by atoms with E-state index in [2.05, 4.69) is 6.58 Å². The molecule has 0 saturated heterocycles. The van der Waals surface area contributed by atoms with E-state index >= 15 is 0 Å². The SMILES string of the molecule is C=Cc1ccc2c(Cl)c(C(=O)O)ccc2c1. The van der Waals surface area contributed by atoms with Crippen molar-refractivity contribution in [1.29, 1.82) is 0 Å². The maximum atomic E-state index is 10.9. The molecule has 2 nitrogen and oxygen atoms in total. The molecule has 0 fully saturated rings. The molecule has 0 radical (unpaired) electrons. The monoisotopic (exact) mass is 232 g/mol. The molecule has 0 spiro atoms. The summed E-state index contributed by atoms with van der Waals surface area (Å²) in [6.07, 6.45) is 1.73. The number of hydrogen-bond acceptors (Lipinski definition) is 1. The molecule has 2 rings (SSSR count). The average Bonchev–Trinajstić information content (AvgIpc) is 2.28. The highest BCUT2D eigenvalue weighted by atomic mass is 35.5. The Morgan fingerprint density at radius 1 is 1.31 bits per heavy atom. The summed E-state index contributed by atoms with van der Waals surface area (Å²) in [6, 6.07) is 8.84. The largest absolute Gasteiger partial charge is 0.478 e. The Morgan fingerprint density at radius 2 is 2.06 bits per heavy atom. The predicted octanol–water partition coefficient (Wildman–Crippen LogP) is 3.83. The minimum Gasteiger partial charge on any atom is -0.478 e. The van der Waals surface area contributed by atoms with Crippen molar-refractivity contribution in [3.8, 4) is 0 Å². The van der Waals surface area contributed by atoms with Gasteiger partial charge in [-0.2, -0.15) is 0 Å². The van der Waals surface area contributed by atoms with Gasteiger partial charge < -0.3 is 5.11 Å². The molecule has 2 aromatic rings. The van der Waals surface area contributed by atoms with Crippen LogP contribution in [0, 0.1) is 0 Å². The minimum atomic E-state index is -1.01. The van der Waals surface area contributed by atoms with E-state index in [-0.39, 0.29) is 10.6 Å². The predicted molar refractivity (Wildman–Crippen MR) is 66.0 cm³/mol. The van der Waals surface area contributed by atoms with Gasteiger partial charge in [0.15, 0.2) is 0 Å². The summed E-state index contributed by atoms with van der Waals surface area (Å²) < 4.78 is 0. The summed E-state index contributed by atoms with van der Waals surface area (Å²) in [5.74, 6) is -1.01. The van der Waals surface area contributed by atoms with Gasteiger partial charge in [-0.1, -0.05) is 42.5 Å². The van der Waals surface area contributed by atoms with Crippen molar-refractivity contribution >= 4 is 34.4 Å². The van der Waals surface area contributed by atoms with Crippen LogP contribution >= 0.6 is 11.6 Å². The smallest absolute Gasteiger partial charge is 0.337 e. The van der Waals surface area contributed by atoms with Crippen LogP contribution in [0.4, 0.5) is 0 Å². The fourth-order valence-corrected chi connectivity index (χ4v) is 1.92. The maximum Gasteiger partial charge on any atom is 0.337 e. The van der Waals surface area contributed by atoms with E-state index in [9.17, 15) is 4.79 Å². The molecule has 2 aromatic carbocycles. The second-order valence-corrected chi connectivity index (χ2v) is 3.79. The Bertz CT molecular complexity index is 588. The lowest BCUT2D eigenvalue weighted by atomic mass is 10.0. The van der Waals surface area contributed by atoms with E-state index in [0.29, 0.717) is 0 Å². The van der Waals surface area contributed by atoms with Crippen molar-refractivity contribution in [3.05, 3.63) is 53.1 Å². The number of aromatic carboxylic acids is 1. The van der Waals surface area contributed by atoms with Crippen molar-refractivity contribution in [2.75, 3.05) is 0 Å². The molecule has 0 bridgehead atoms. The molecule has 1 N–H and O–H groups in total. The lowest BCUT2D eigenvalue weighted by Gasteiger charge is -2.05. The topological polar surface area (TPSA) is 37.3 Å². The van der Waals surface area contributed by atoms with Gasteiger partial charge in [-0.05, 0) is 23.1 Å². The highest BCUT2D eigenvalue weighted by molar-refractivity contribution is 6.38. The van der Waals surface area contributed by atoms with Gasteiger partial charge in [0.05, 0.1) is 10.6 Å². The Hall–Kier alpha value is -1.80. The van der Waals surface area contributed by atoms with Crippen LogP contribution < -0.4 is 0 Å². The summed E-state index contributed by atoms with van der Waals surface area (Å²) in [5.41, 5.74) is 1.10. The van der Waals surface area contributed by atoms with Gasteiger partial charge >= 0.3 is 5.97 Å². The van der Waals surface area contributed by atoms with Crippen LogP contribution in [-0.2, 0) is 0 Å². The molecule has 0 amide bonds. The number of benzene rings is 2. The van der Waals surface area contributed by atoms with E-state index in [1.54, 1.807) is 18.2 Å². The number of halogens is 1. The van der Waals surface area contributed by atoms with Crippen LogP contribution in [0.5, 0.6) is 0 Å². The maximum absolute atomic E-state index is 10.9. The molecule has 0 atom stereocenters. The molecular weight excluding hydrogens is 224 g/mol. The lowest BCUT2D eigenvalue weighted by molar-refractivity contribution is 0.0697. The molecule has 0 aliphatic rings. The van der Waals surface area contributed by atoms with Gasteiger partial charge in [-0.3, -0.25) is 0 Å². The van der Waals surface area contributed by atoms with E-state index in [1.165, 1.54) is 6.07 Å². The standard InChI is InChI=1S/C13H9ClO2/c1-2-8-3-5-10-9(7-8)4-6-11(12(10)14)13(15)16/h2-7H,1H2,(H,15,16). The number of carbonyl (C=O) groups is 1. The van der Waals surface area contributed by atoms with Crippen molar-refractivity contribution in [1.82, 2.24) is 0 Å². The van der Waals surface area contributed by atoms with Crippen LogP contribution in [0.2, 0.25) is 5.02 Å². The van der Waals surface area contributed by atoms with E-state index < -0.39 is 5.97 Å². The molecule has 0 unspecified atom stereocenters. The van der Waals surface area contributed by atoms with Gasteiger partial charge in [-0.25, -0.2) is 4.79 Å². The molecule has 0 aliphatic heterocycles. The normalized spacial score (nSPS) is 10.3. The Kier molecular flexibility index (Phi) is 2.67. The lowest BCUT2D eigenvalue weighted by Crippen LogP contribution is -1.97. The highest BCUT2D eigenvalue weighted by Crippen LogP contribution is 2.28. The fraction of sp³-hybridized carbons (Fsp3) is 0. The van der Waals surface area contributed by atoms with E-state index in [0.717, 1.165) is 16.3 Å². The number of carboxylic acids is 1. The van der Waals surface area contributed by atoms with Crippen molar-refractivity contribution in [2.45, 2.75) is 0 Å². The quantitative estimate of drug-likeness (QED) is 0.854. The first-order valence-corrected chi connectivity index (χ1v) is 5.09. The van der Waals surface area contributed by atoms with Gasteiger partial charge in [0.1, 0.15) is 0 Å². The Balaban J connectivity index is 2.76. The third-order valence-corrected chi connectivity index (χ3v) is 2.85. The van der Waals surface area contributed by atoms with E-state index in [4.69, 9.17) is 16.7 Å². The zero-order chi connectivity index (χ0) is 11.7. The molecule has 3 heteroatoms. The van der Waals surface area contributed by atoms with Gasteiger partial charge in [0, 0.05) is 5.39 Å². The molecule has 0 aliphatic carbocycles. The van der Waals surface area contributed by atoms with Crippen LogP contribution in [0.1, 0.15) is 15.9 Å². The van der Waals surface area contributed by atoms with Crippen LogP contribution in [0.3, 0.4) is 0 Å². The summed E-state index contributed by atoms with van der Waals surface area (Å²) in [5, 5.41) is 10.9. The summed E-state index contributed by atoms with van der Waals surface area (Å²) in [6.45, 7) is 3.68. The number of rotatable bonds is 2. The van der Waals surface area contributed by atoms with Crippen molar-refractivity contribution < 1.29 is 9.90 Å². The first-order valence-electron chi connectivity index (χ1n) is 4.71. The first kappa shape index (κ1) is 10.7. The zero-order valence-electron chi connectivity index (χ0n) is 8.40. The first-order chi connectivity index (χ1) is 7.63. The zero-order valence-corrected chi connectivity index (χ0v) is 9.16. The number of hydrogen-bond donors (Lipinski definition) is 1.